The van der Waals surface area contributed by atoms with Crippen molar-refractivity contribution in [3.05, 3.63) is 99.7 Å². The Balaban J connectivity index is 1.61. The van der Waals surface area contributed by atoms with E-state index >= 15 is 0 Å². The number of ketones is 2. The topological polar surface area (TPSA) is 78.3 Å². The summed E-state index contributed by atoms with van der Waals surface area (Å²) < 4.78 is 6.94. The van der Waals surface area contributed by atoms with E-state index in [-0.39, 0.29) is 17.3 Å². The number of hydrogen-bond donors (Lipinski definition) is 0. The van der Waals surface area contributed by atoms with Crippen molar-refractivity contribution in [1.82, 2.24) is 9.78 Å². The second kappa shape index (κ2) is 9.79. The molecule has 1 heterocycles. The Kier molecular flexibility index (Phi) is 6.82. The van der Waals surface area contributed by atoms with Crippen molar-refractivity contribution in [3.8, 4) is 0 Å². The van der Waals surface area contributed by atoms with E-state index in [1.54, 1.807) is 79.7 Å². The molecule has 0 spiro atoms. The Hall–Kier alpha value is -3.48. The van der Waals surface area contributed by atoms with E-state index in [1.165, 1.54) is 11.6 Å². The van der Waals surface area contributed by atoms with Gasteiger partial charge in [-0.25, -0.2) is 4.79 Å². The zero-order valence-electron chi connectivity index (χ0n) is 18.4. The summed E-state index contributed by atoms with van der Waals surface area (Å²) in [6, 6.07) is 19.3. The second-order valence-electron chi connectivity index (χ2n) is 7.78. The number of halogens is 2. The lowest BCUT2D eigenvalue weighted by Gasteiger charge is -2.13. The summed E-state index contributed by atoms with van der Waals surface area (Å²) in [5.74, 6) is -1.30. The molecule has 6 nitrogen and oxygen atoms in total. The van der Waals surface area contributed by atoms with Crippen LogP contribution in [0.15, 0.2) is 72.8 Å². The predicted octanol–water partition coefficient (Wildman–Crippen LogP) is 6.22. The average Bonchev–Trinajstić information content (AvgIpc) is 3.23. The highest BCUT2D eigenvalue weighted by Gasteiger charge is 2.27. The van der Waals surface area contributed by atoms with Gasteiger partial charge in [0.05, 0.1) is 5.52 Å². The molecule has 2 atom stereocenters. The summed E-state index contributed by atoms with van der Waals surface area (Å²) in [4.78, 5) is 38.7. The maximum atomic E-state index is 13.1. The van der Waals surface area contributed by atoms with Gasteiger partial charge >= 0.3 is 5.97 Å². The highest BCUT2D eigenvalue weighted by molar-refractivity contribution is 6.31. The van der Waals surface area contributed by atoms with E-state index in [0.717, 1.165) is 0 Å². The summed E-state index contributed by atoms with van der Waals surface area (Å²) in [6.07, 6.45) is -1.04. The molecule has 0 bridgehead atoms. The fourth-order valence-electron chi connectivity index (χ4n) is 3.62. The first-order valence-electron chi connectivity index (χ1n) is 10.5. The molecule has 0 aliphatic carbocycles. The lowest BCUT2D eigenvalue weighted by molar-refractivity contribution is 0.0313. The van der Waals surface area contributed by atoms with Gasteiger partial charge in [0, 0.05) is 26.6 Å². The first-order chi connectivity index (χ1) is 16.3. The molecule has 0 N–H and O–H groups in total. The normalized spacial score (nSPS) is 12.8. The molecule has 0 saturated heterocycles. The molecule has 0 fully saturated rings. The smallest absolute Gasteiger partial charge is 0.360 e. The zero-order chi connectivity index (χ0) is 24.4. The number of para-hydroxylation sites is 1. The molecule has 0 amide bonds. The first kappa shape index (κ1) is 23.7. The molecular formula is C26H20Cl2N2O4. The van der Waals surface area contributed by atoms with E-state index in [4.69, 9.17) is 27.9 Å². The van der Waals surface area contributed by atoms with E-state index in [0.29, 0.717) is 32.1 Å². The maximum Gasteiger partial charge on any atom is 0.360 e. The molecule has 172 valence electrons. The molecule has 4 aromatic rings. The van der Waals surface area contributed by atoms with Crippen molar-refractivity contribution in [1.29, 1.82) is 0 Å². The van der Waals surface area contributed by atoms with E-state index in [2.05, 4.69) is 5.10 Å². The third kappa shape index (κ3) is 4.74. The fourth-order valence-corrected chi connectivity index (χ4v) is 3.87. The van der Waals surface area contributed by atoms with Gasteiger partial charge in [-0.3, -0.25) is 14.3 Å². The van der Waals surface area contributed by atoms with Crippen LogP contribution in [-0.4, -0.2) is 33.4 Å². The molecule has 4 rings (SSSR count). The molecule has 8 heteroatoms. The lowest BCUT2D eigenvalue weighted by atomic mass is 10.1. The van der Waals surface area contributed by atoms with Crippen LogP contribution in [0.3, 0.4) is 0 Å². The van der Waals surface area contributed by atoms with Crippen LogP contribution in [0, 0.1) is 0 Å². The minimum atomic E-state index is -1.04. The minimum absolute atomic E-state index is 0.0297. The number of Topliss-reactive ketones (excluding diaryl/α,β-unsaturated/α-hetero) is 2. The van der Waals surface area contributed by atoms with Crippen LogP contribution in [0.25, 0.3) is 10.9 Å². The minimum Gasteiger partial charge on any atom is -0.449 e. The number of carbonyl (C=O) groups excluding carboxylic acids is 3. The molecule has 0 radical (unpaired) electrons. The molecule has 1 aromatic heterocycles. The third-order valence-electron chi connectivity index (χ3n) is 5.46. The molecular weight excluding hydrogens is 475 g/mol. The van der Waals surface area contributed by atoms with Gasteiger partial charge in [0.25, 0.3) is 0 Å². The number of aromatic nitrogens is 2. The van der Waals surface area contributed by atoms with Gasteiger partial charge in [0.1, 0.15) is 6.04 Å². The third-order valence-corrected chi connectivity index (χ3v) is 5.97. The summed E-state index contributed by atoms with van der Waals surface area (Å²) >= 11 is 11.8. The van der Waals surface area contributed by atoms with Crippen molar-refractivity contribution in [2.75, 3.05) is 0 Å². The van der Waals surface area contributed by atoms with Gasteiger partial charge in [-0.2, -0.15) is 5.10 Å². The van der Waals surface area contributed by atoms with Gasteiger partial charge in [0.2, 0.25) is 5.78 Å². The predicted molar refractivity (Wildman–Crippen MR) is 131 cm³/mol. The van der Waals surface area contributed by atoms with Gasteiger partial charge in [-0.1, -0.05) is 41.4 Å². The Labute approximate surface area is 206 Å². The van der Waals surface area contributed by atoms with Crippen molar-refractivity contribution < 1.29 is 19.1 Å². The highest BCUT2D eigenvalue weighted by atomic mass is 35.5. The maximum absolute atomic E-state index is 13.1. The monoisotopic (exact) mass is 494 g/mol. The number of ether oxygens (including phenoxy) is 1. The quantitative estimate of drug-likeness (QED) is 0.225. The molecule has 0 unspecified atom stereocenters. The summed E-state index contributed by atoms with van der Waals surface area (Å²) in [6.45, 7) is 3.21. The van der Waals surface area contributed by atoms with Crippen molar-refractivity contribution in [2.45, 2.75) is 26.0 Å². The van der Waals surface area contributed by atoms with Crippen molar-refractivity contribution >= 4 is 51.6 Å². The van der Waals surface area contributed by atoms with Crippen LogP contribution in [0.5, 0.6) is 0 Å². The van der Waals surface area contributed by atoms with E-state index in [1.807, 2.05) is 0 Å². The molecule has 34 heavy (non-hydrogen) atoms. The Morgan fingerprint density at radius 2 is 1.32 bits per heavy atom. The van der Waals surface area contributed by atoms with E-state index < -0.39 is 18.1 Å². The number of fused-ring (bicyclic) bond motifs is 1. The summed E-state index contributed by atoms with van der Waals surface area (Å²) in [5.41, 5.74) is 1.48. The second-order valence-corrected chi connectivity index (χ2v) is 8.65. The molecule has 0 aliphatic heterocycles. The number of rotatable bonds is 7. The van der Waals surface area contributed by atoms with Gasteiger partial charge in [0.15, 0.2) is 17.6 Å². The lowest BCUT2D eigenvalue weighted by Crippen LogP contribution is -2.25. The number of benzene rings is 3. The number of hydrogen-bond acceptors (Lipinski definition) is 5. The standard InChI is InChI=1S/C26H20Cl2N2O4/c1-15(24(31)17-7-11-19(27)12-8-17)30-22-6-4-3-5-21(22)23(29-30)26(33)34-16(2)25(32)18-9-13-20(28)14-10-18/h3-16H,1-2H3/t15-,16-/m0/s1. The number of nitrogens with zero attached hydrogens (tertiary/aromatic N) is 2. The van der Waals surface area contributed by atoms with Crippen LogP contribution < -0.4 is 0 Å². The average molecular weight is 495 g/mol. The van der Waals surface area contributed by atoms with E-state index in [9.17, 15) is 14.4 Å². The van der Waals surface area contributed by atoms with Crippen LogP contribution in [0.2, 0.25) is 10.0 Å². The van der Waals surface area contributed by atoms with Crippen molar-refractivity contribution in [3.63, 3.8) is 0 Å². The fraction of sp³-hybridized carbons (Fsp3) is 0.154. The molecule has 0 aliphatic rings. The Morgan fingerprint density at radius 3 is 1.91 bits per heavy atom. The highest BCUT2D eigenvalue weighted by Crippen LogP contribution is 2.25. The van der Waals surface area contributed by atoms with Gasteiger partial charge in [-0.05, 0) is 68.4 Å². The number of carbonyl (C=O) groups is 3. The summed E-state index contributed by atoms with van der Waals surface area (Å²) in [7, 11) is 0. The van der Waals surface area contributed by atoms with Gasteiger partial charge in [-0.15, -0.1) is 0 Å². The Bertz CT molecular complexity index is 1380. The number of esters is 1. The van der Waals surface area contributed by atoms with Crippen LogP contribution in [-0.2, 0) is 4.74 Å². The van der Waals surface area contributed by atoms with Crippen LogP contribution >= 0.6 is 23.2 Å². The largest absolute Gasteiger partial charge is 0.449 e. The molecule has 3 aromatic carbocycles. The first-order valence-corrected chi connectivity index (χ1v) is 11.3. The SMILES string of the molecule is C[C@H](OC(=O)c1nn([C@@H](C)C(=O)c2ccc(Cl)cc2)c2ccccc12)C(=O)c1ccc(Cl)cc1. The van der Waals surface area contributed by atoms with Crippen LogP contribution in [0.4, 0.5) is 0 Å². The zero-order valence-corrected chi connectivity index (χ0v) is 19.9. The summed E-state index contributed by atoms with van der Waals surface area (Å²) in [5, 5.41) is 5.97. The van der Waals surface area contributed by atoms with Gasteiger partial charge < -0.3 is 4.74 Å². The van der Waals surface area contributed by atoms with Crippen LogP contribution in [0.1, 0.15) is 51.1 Å². The molecule has 0 saturated carbocycles. The Morgan fingerprint density at radius 1 is 0.794 bits per heavy atom. The van der Waals surface area contributed by atoms with Crippen molar-refractivity contribution in [2.24, 2.45) is 0 Å².